The summed E-state index contributed by atoms with van der Waals surface area (Å²) in [4.78, 5) is 10.3. The van der Waals surface area contributed by atoms with E-state index in [1.54, 1.807) is 12.1 Å². The molecule has 0 aromatic heterocycles. The van der Waals surface area contributed by atoms with Gasteiger partial charge in [-0.3, -0.25) is 10.1 Å². The summed E-state index contributed by atoms with van der Waals surface area (Å²) >= 11 is 13.1. The number of non-ortho nitro benzene ring substituents is 1. The predicted molar refractivity (Wildman–Crippen MR) is 87.9 cm³/mol. The van der Waals surface area contributed by atoms with Crippen LogP contribution in [0.1, 0.15) is 20.8 Å². The fourth-order valence-electron chi connectivity index (χ4n) is 1.76. The van der Waals surface area contributed by atoms with Crippen LogP contribution in [0.4, 0.5) is 5.69 Å². The maximum Gasteiger partial charge on any atom is 0.269 e. The molecular weight excluding hydrogens is 409 g/mol. The quantitative estimate of drug-likeness (QED) is 0.356. The van der Waals surface area contributed by atoms with Crippen molar-refractivity contribution >= 4 is 49.1 Å². The molecule has 0 saturated heterocycles. The first-order chi connectivity index (χ1) is 9.49. The molecule has 0 heterocycles. The molecule has 2 rings (SSSR count). The number of nitro groups is 1. The van der Waals surface area contributed by atoms with Gasteiger partial charge in [0.05, 0.1) is 14.6 Å². The van der Waals surface area contributed by atoms with Crippen molar-refractivity contribution in [2.75, 3.05) is 0 Å². The van der Waals surface area contributed by atoms with Crippen molar-refractivity contribution in [3.05, 3.63) is 74.8 Å². The molecule has 0 bridgehead atoms. The van der Waals surface area contributed by atoms with E-state index in [-0.39, 0.29) is 15.3 Å². The van der Waals surface area contributed by atoms with Crippen LogP contribution in [0.3, 0.4) is 0 Å². The van der Waals surface area contributed by atoms with Crippen LogP contribution in [0.5, 0.6) is 0 Å². The Labute approximate surface area is 138 Å². The Morgan fingerprint density at radius 3 is 1.70 bits per heavy atom. The molecule has 3 nitrogen and oxygen atoms in total. The molecule has 2 aromatic carbocycles. The third kappa shape index (κ3) is 3.59. The molecule has 0 aliphatic rings. The maximum atomic E-state index is 10.6. The highest BCUT2D eigenvalue weighted by atomic mass is 79.9. The van der Waals surface area contributed by atoms with Gasteiger partial charge in [0, 0.05) is 17.2 Å². The number of rotatable bonds is 4. The van der Waals surface area contributed by atoms with E-state index in [0.717, 1.165) is 11.1 Å². The molecule has 6 heteroatoms. The molecule has 0 radical (unpaired) electrons. The van der Waals surface area contributed by atoms with Crippen LogP contribution in [0, 0.1) is 10.1 Å². The lowest BCUT2D eigenvalue weighted by Gasteiger charge is -2.17. The normalized spacial score (nSPS) is 13.8. The Morgan fingerprint density at radius 1 is 0.900 bits per heavy atom. The molecule has 0 amide bonds. The van der Waals surface area contributed by atoms with Gasteiger partial charge in [0.25, 0.3) is 5.69 Å². The summed E-state index contributed by atoms with van der Waals surface area (Å²) in [5, 5.41) is 11.3. The zero-order chi connectivity index (χ0) is 14.7. The number of nitrogens with zero attached hydrogens (tertiary/aromatic N) is 1. The Hall–Kier alpha value is -0.910. The average molecular weight is 420 g/mol. The van der Waals surface area contributed by atoms with E-state index >= 15 is 0 Å². The molecule has 0 spiro atoms. The van der Waals surface area contributed by atoms with Crippen molar-refractivity contribution in [2.24, 2.45) is 0 Å². The molecular formula is C14H10Br2ClNO2. The largest absolute Gasteiger partial charge is 0.269 e. The number of halogens is 3. The van der Waals surface area contributed by atoms with Crippen molar-refractivity contribution < 1.29 is 4.92 Å². The van der Waals surface area contributed by atoms with Crippen molar-refractivity contribution in [1.82, 2.24) is 0 Å². The first-order valence-corrected chi connectivity index (χ1v) is 7.98. The van der Waals surface area contributed by atoms with Crippen molar-refractivity contribution in [1.29, 1.82) is 0 Å². The van der Waals surface area contributed by atoms with Crippen LogP contribution in [0.25, 0.3) is 0 Å². The number of alkyl halides is 2. The summed E-state index contributed by atoms with van der Waals surface area (Å²) in [5.41, 5.74) is 2.13. The third-order valence-electron chi connectivity index (χ3n) is 2.87. The van der Waals surface area contributed by atoms with Gasteiger partial charge >= 0.3 is 0 Å². The van der Waals surface area contributed by atoms with E-state index in [0.29, 0.717) is 5.02 Å². The summed E-state index contributed by atoms with van der Waals surface area (Å²) in [5.74, 6) is 0. The highest BCUT2D eigenvalue weighted by Crippen LogP contribution is 2.42. The van der Waals surface area contributed by atoms with Gasteiger partial charge in [-0.1, -0.05) is 67.7 Å². The second-order valence-corrected chi connectivity index (χ2v) is 6.61. The Bertz CT molecular complexity index is 602. The molecule has 104 valence electrons. The number of benzene rings is 2. The Morgan fingerprint density at radius 2 is 1.30 bits per heavy atom. The Kier molecular flexibility index (Phi) is 5.18. The standard InChI is InChI=1S/C14H10Br2ClNO2/c15-13(9-1-5-11(17)6-2-9)14(16)10-3-7-12(8-4-10)18(19)20/h1-8,13-14H/t13-,14-/m0/s1. The number of hydrogen-bond acceptors (Lipinski definition) is 2. The minimum Gasteiger partial charge on any atom is -0.258 e. The predicted octanol–water partition coefficient (Wildman–Crippen LogP) is 5.82. The van der Waals surface area contributed by atoms with Crippen LogP contribution in [-0.4, -0.2) is 4.92 Å². The van der Waals surface area contributed by atoms with Crippen LogP contribution < -0.4 is 0 Å². The topological polar surface area (TPSA) is 43.1 Å². The van der Waals surface area contributed by atoms with E-state index in [4.69, 9.17) is 11.6 Å². The fourth-order valence-corrected chi connectivity index (χ4v) is 3.11. The van der Waals surface area contributed by atoms with E-state index in [9.17, 15) is 10.1 Å². The SMILES string of the molecule is O=[N+]([O-])c1ccc([C@H](Br)[C@@H](Br)c2ccc(Cl)cc2)cc1. The van der Waals surface area contributed by atoms with Gasteiger partial charge in [0.1, 0.15) is 0 Å². The van der Waals surface area contributed by atoms with E-state index in [1.807, 2.05) is 24.3 Å². The maximum absolute atomic E-state index is 10.6. The summed E-state index contributed by atoms with van der Waals surface area (Å²) in [6.45, 7) is 0. The Balaban J connectivity index is 2.19. The lowest BCUT2D eigenvalue weighted by Crippen LogP contribution is -1.99. The lowest BCUT2D eigenvalue weighted by atomic mass is 10.0. The zero-order valence-electron chi connectivity index (χ0n) is 10.2. The van der Waals surface area contributed by atoms with Crippen molar-refractivity contribution in [3.63, 3.8) is 0 Å². The van der Waals surface area contributed by atoms with Crippen LogP contribution >= 0.6 is 43.5 Å². The average Bonchev–Trinajstić information content (AvgIpc) is 2.46. The molecule has 0 aliphatic carbocycles. The van der Waals surface area contributed by atoms with Gasteiger partial charge in [0.15, 0.2) is 0 Å². The zero-order valence-corrected chi connectivity index (χ0v) is 14.1. The highest BCUT2D eigenvalue weighted by Gasteiger charge is 2.20. The second kappa shape index (κ2) is 6.70. The molecule has 2 atom stereocenters. The van der Waals surface area contributed by atoms with Gasteiger partial charge in [-0.05, 0) is 23.3 Å². The summed E-state index contributed by atoms with van der Waals surface area (Å²) in [7, 11) is 0. The van der Waals surface area contributed by atoms with Crippen molar-refractivity contribution in [3.8, 4) is 0 Å². The molecule has 0 fully saturated rings. The lowest BCUT2D eigenvalue weighted by molar-refractivity contribution is -0.384. The van der Waals surface area contributed by atoms with E-state index in [1.165, 1.54) is 12.1 Å². The minimum absolute atomic E-state index is 0.00415. The summed E-state index contributed by atoms with van der Waals surface area (Å²) < 4.78 is 0. The molecule has 0 unspecified atom stereocenters. The van der Waals surface area contributed by atoms with Crippen LogP contribution in [-0.2, 0) is 0 Å². The van der Waals surface area contributed by atoms with Gasteiger partial charge in [-0.25, -0.2) is 0 Å². The van der Waals surface area contributed by atoms with Crippen LogP contribution in [0.15, 0.2) is 48.5 Å². The molecule has 0 aliphatic heterocycles. The van der Waals surface area contributed by atoms with E-state index < -0.39 is 4.92 Å². The molecule has 20 heavy (non-hydrogen) atoms. The summed E-state index contributed by atoms with van der Waals surface area (Å²) in [6, 6.07) is 14.1. The van der Waals surface area contributed by atoms with Gasteiger partial charge in [-0.15, -0.1) is 0 Å². The number of nitro benzene ring substituents is 1. The monoisotopic (exact) mass is 417 g/mol. The number of hydrogen-bond donors (Lipinski definition) is 0. The van der Waals surface area contributed by atoms with Gasteiger partial charge < -0.3 is 0 Å². The molecule has 2 aromatic rings. The van der Waals surface area contributed by atoms with E-state index in [2.05, 4.69) is 31.9 Å². The second-order valence-electron chi connectivity index (χ2n) is 4.20. The van der Waals surface area contributed by atoms with Gasteiger partial charge in [0.2, 0.25) is 0 Å². The third-order valence-corrected chi connectivity index (χ3v) is 5.94. The first-order valence-electron chi connectivity index (χ1n) is 5.77. The highest BCUT2D eigenvalue weighted by molar-refractivity contribution is 9.12. The smallest absolute Gasteiger partial charge is 0.258 e. The fraction of sp³-hybridized carbons (Fsp3) is 0.143. The first kappa shape index (κ1) is 15.5. The van der Waals surface area contributed by atoms with Crippen LogP contribution in [0.2, 0.25) is 5.02 Å². The minimum atomic E-state index is -0.405. The molecule has 0 saturated carbocycles. The van der Waals surface area contributed by atoms with Crippen molar-refractivity contribution in [2.45, 2.75) is 9.65 Å². The van der Waals surface area contributed by atoms with Gasteiger partial charge in [-0.2, -0.15) is 0 Å². The summed E-state index contributed by atoms with van der Waals surface area (Å²) in [6.07, 6.45) is 0. The molecule has 0 N–H and O–H groups in total.